The topological polar surface area (TPSA) is 49.4 Å². The van der Waals surface area contributed by atoms with Crippen LogP contribution in [0, 0.1) is 0 Å². The number of amides is 2. The molecule has 16 heavy (non-hydrogen) atoms. The number of hydrogen-bond acceptors (Lipinski definition) is 2. The van der Waals surface area contributed by atoms with Crippen LogP contribution in [0.1, 0.15) is 31.1 Å². The molecule has 0 aliphatic rings. The van der Waals surface area contributed by atoms with E-state index in [4.69, 9.17) is 0 Å². The van der Waals surface area contributed by atoms with Crippen molar-refractivity contribution in [2.75, 3.05) is 0 Å². The molecule has 0 unspecified atom stereocenters. The molecular weight excluding hydrogens is 204 g/mol. The first-order chi connectivity index (χ1) is 7.45. The average molecular weight is 220 g/mol. The highest BCUT2D eigenvalue weighted by molar-refractivity contribution is 5.94. The Morgan fingerprint density at radius 3 is 2.25 bits per heavy atom. The zero-order chi connectivity index (χ0) is 12.2. The molecule has 86 valence electrons. The fourth-order valence-corrected chi connectivity index (χ4v) is 1.12. The molecular formula is C12H16N2O2. The average Bonchev–Trinajstić information content (AvgIpc) is 2.25. The van der Waals surface area contributed by atoms with Crippen LogP contribution in [-0.2, 0) is 4.79 Å². The molecule has 0 heterocycles. The zero-order valence-corrected chi connectivity index (χ0v) is 9.73. The van der Waals surface area contributed by atoms with Gasteiger partial charge in [0.1, 0.15) is 0 Å². The Morgan fingerprint density at radius 1 is 1.25 bits per heavy atom. The monoisotopic (exact) mass is 220 g/mol. The Bertz CT molecular complexity index is 368. The second kappa shape index (κ2) is 4.79. The van der Waals surface area contributed by atoms with Gasteiger partial charge in [-0.15, -0.1) is 0 Å². The molecule has 0 spiro atoms. The smallest absolute Gasteiger partial charge is 0.269 e. The van der Waals surface area contributed by atoms with E-state index in [9.17, 15) is 9.59 Å². The standard InChI is InChI=1S/C12H16N2O2/c1-12(2,3)14(9-15)13-11(16)10-7-5-4-6-8-10/h4-9H,1-3H3,(H,13,16). The van der Waals surface area contributed by atoms with Crippen molar-refractivity contribution in [3.05, 3.63) is 35.9 Å². The van der Waals surface area contributed by atoms with Gasteiger partial charge in [-0.1, -0.05) is 18.2 Å². The van der Waals surface area contributed by atoms with Gasteiger partial charge in [0.15, 0.2) is 0 Å². The molecule has 0 bridgehead atoms. The van der Waals surface area contributed by atoms with Crippen molar-refractivity contribution in [2.45, 2.75) is 26.3 Å². The first-order valence-electron chi connectivity index (χ1n) is 5.06. The van der Waals surface area contributed by atoms with E-state index >= 15 is 0 Å². The van der Waals surface area contributed by atoms with Gasteiger partial charge in [-0.2, -0.15) is 0 Å². The minimum Gasteiger partial charge on any atom is -0.277 e. The van der Waals surface area contributed by atoms with Crippen molar-refractivity contribution >= 4 is 12.3 Å². The SMILES string of the molecule is CC(C)(C)N(C=O)NC(=O)c1ccccc1. The highest BCUT2D eigenvalue weighted by Crippen LogP contribution is 2.08. The first-order valence-corrected chi connectivity index (χ1v) is 5.06. The maximum Gasteiger partial charge on any atom is 0.269 e. The maximum absolute atomic E-state index is 11.7. The van der Waals surface area contributed by atoms with Gasteiger partial charge in [0.05, 0.1) is 5.54 Å². The van der Waals surface area contributed by atoms with Gasteiger partial charge in [0, 0.05) is 5.56 Å². The third-order valence-electron chi connectivity index (χ3n) is 2.09. The number of hydrazine groups is 1. The second-order valence-corrected chi connectivity index (χ2v) is 4.45. The lowest BCUT2D eigenvalue weighted by Crippen LogP contribution is -2.51. The minimum absolute atomic E-state index is 0.289. The Balaban J connectivity index is 2.75. The molecule has 0 aliphatic heterocycles. The first kappa shape index (κ1) is 12.2. The van der Waals surface area contributed by atoms with Crippen molar-refractivity contribution in [2.24, 2.45) is 0 Å². The highest BCUT2D eigenvalue weighted by Gasteiger charge is 2.21. The van der Waals surface area contributed by atoms with Crippen LogP contribution in [0.4, 0.5) is 0 Å². The van der Waals surface area contributed by atoms with Crippen molar-refractivity contribution in [3.63, 3.8) is 0 Å². The fraction of sp³-hybridized carbons (Fsp3) is 0.333. The summed E-state index contributed by atoms with van der Waals surface area (Å²) in [7, 11) is 0. The molecule has 1 rings (SSSR count). The van der Waals surface area contributed by atoms with Crippen molar-refractivity contribution < 1.29 is 9.59 Å². The van der Waals surface area contributed by atoms with Gasteiger partial charge >= 0.3 is 0 Å². The largest absolute Gasteiger partial charge is 0.277 e. The molecule has 4 heteroatoms. The predicted molar refractivity (Wildman–Crippen MR) is 61.6 cm³/mol. The molecule has 1 aromatic carbocycles. The summed E-state index contributed by atoms with van der Waals surface area (Å²) < 4.78 is 0. The lowest BCUT2D eigenvalue weighted by Gasteiger charge is -2.31. The van der Waals surface area contributed by atoms with Crippen LogP contribution in [0.25, 0.3) is 0 Å². The maximum atomic E-state index is 11.7. The predicted octanol–water partition coefficient (Wildman–Crippen LogP) is 1.59. The summed E-state index contributed by atoms with van der Waals surface area (Å²) >= 11 is 0. The molecule has 2 amide bonds. The van der Waals surface area contributed by atoms with Crippen LogP contribution < -0.4 is 5.43 Å². The summed E-state index contributed by atoms with van der Waals surface area (Å²) in [6.45, 7) is 5.52. The summed E-state index contributed by atoms with van der Waals surface area (Å²) in [6.07, 6.45) is 0.612. The number of carbonyl (C=O) groups excluding carboxylic acids is 2. The summed E-state index contributed by atoms with van der Waals surface area (Å²) in [5.41, 5.74) is 2.64. The summed E-state index contributed by atoms with van der Waals surface area (Å²) in [4.78, 5) is 22.6. The number of carbonyl (C=O) groups is 2. The van der Waals surface area contributed by atoms with E-state index in [2.05, 4.69) is 5.43 Å². The Kier molecular flexibility index (Phi) is 3.66. The van der Waals surface area contributed by atoms with Crippen molar-refractivity contribution in [1.82, 2.24) is 10.4 Å². The Hall–Kier alpha value is -1.84. The molecule has 0 saturated heterocycles. The number of rotatable bonds is 3. The molecule has 0 aliphatic carbocycles. The summed E-state index contributed by atoms with van der Waals surface area (Å²) in [6, 6.07) is 8.77. The molecule has 0 atom stereocenters. The normalized spacial score (nSPS) is 10.7. The van der Waals surface area contributed by atoms with Gasteiger partial charge in [0.25, 0.3) is 5.91 Å². The van der Waals surface area contributed by atoms with E-state index in [1.165, 1.54) is 5.01 Å². The number of nitrogens with one attached hydrogen (secondary N) is 1. The Labute approximate surface area is 95.2 Å². The van der Waals surface area contributed by atoms with Crippen LogP contribution in [0.5, 0.6) is 0 Å². The van der Waals surface area contributed by atoms with E-state index in [0.29, 0.717) is 12.0 Å². The molecule has 0 saturated carbocycles. The van der Waals surface area contributed by atoms with Crippen molar-refractivity contribution in [3.8, 4) is 0 Å². The molecule has 0 radical (unpaired) electrons. The number of nitrogens with zero attached hydrogens (tertiary/aromatic N) is 1. The van der Waals surface area contributed by atoms with Crippen LogP contribution in [0.15, 0.2) is 30.3 Å². The number of benzene rings is 1. The highest BCUT2D eigenvalue weighted by atomic mass is 16.2. The third kappa shape index (κ3) is 3.08. The molecule has 4 nitrogen and oxygen atoms in total. The van der Waals surface area contributed by atoms with Crippen LogP contribution >= 0.6 is 0 Å². The van der Waals surface area contributed by atoms with E-state index in [1.54, 1.807) is 24.3 Å². The lowest BCUT2D eigenvalue weighted by molar-refractivity contribution is -0.125. The Morgan fingerprint density at radius 2 is 1.81 bits per heavy atom. The van der Waals surface area contributed by atoms with E-state index in [1.807, 2.05) is 26.8 Å². The van der Waals surface area contributed by atoms with E-state index in [0.717, 1.165) is 0 Å². The molecule has 0 fully saturated rings. The van der Waals surface area contributed by atoms with Crippen LogP contribution in [0.3, 0.4) is 0 Å². The third-order valence-corrected chi connectivity index (χ3v) is 2.09. The van der Waals surface area contributed by atoms with Gasteiger partial charge in [-0.05, 0) is 32.9 Å². The van der Waals surface area contributed by atoms with E-state index in [-0.39, 0.29) is 5.91 Å². The summed E-state index contributed by atoms with van der Waals surface area (Å²) in [5.74, 6) is -0.289. The van der Waals surface area contributed by atoms with E-state index < -0.39 is 5.54 Å². The van der Waals surface area contributed by atoms with Gasteiger partial charge < -0.3 is 0 Å². The van der Waals surface area contributed by atoms with Crippen molar-refractivity contribution in [1.29, 1.82) is 0 Å². The van der Waals surface area contributed by atoms with Crippen LogP contribution in [0.2, 0.25) is 0 Å². The quantitative estimate of drug-likeness (QED) is 0.621. The van der Waals surface area contributed by atoms with Gasteiger partial charge in [-0.25, -0.2) is 0 Å². The second-order valence-electron chi connectivity index (χ2n) is 4.45. The fourth-order valence-electron chi connectivity index (χ4n) is 1.12. The molecule has 1 N–H and O–H groups in total. The zero-order valence-electron chi connectivity index (χ0n) is 9.73. The van der Waals surface area contributed by atoms with Gasteiger partial charge in [0.2, 0.25) is 6.41 Å². The molecule has 0 aromatic heterocycles. The van der Waals surface area contributed by atoms with Crippen LogP contribution in [-0.4, -0.2) is 22.9 Å². The minimum atomic E-state index is -0.438. The summed E-state index contributed by atoms with van der Waals surface area (Å²) in [5, 5.41) is 1.25. The lowest BCUT2D eigenvalue weighted by atomic mass is 10.1. The number of hydrogen-bond donors (Lipinski definition) is 1. The van der Waals surface area contributed by atoms with Gasteiger partial charge in [-0.3, -0.25) is 20.0 Å². The molecule has 1 aromatic rings.